The summed E-state index contributed by atoms with van der Waals surface area (Å²) < 4.78 is 0. The van der Waals surface area contributed by atoms with Gasteiger partial charge in [0.1, 0.15) is 6.42 Å². The molecule has 0 heterocycles. The van der Waals surface area contributed by atoms with Gasteiger partial charge >= 0.3 is 0 Å². The molecular formula is C15H26N2O3. The molecule has 0 aromatic rings. The molecule has 3 atom stereocenters. The second-order valence-electron chi connectivity index (χ2n) is 6.87. The minimum absolute atomic E-state index is 0.143. The largest absolute Gasteiger partial charge is 0.352 e. The van der Waals surface area contributed by atoms with E-state index in [0.29, 0.717) is 12.5 Å². The van der Waals surface area contributed by atoms with Crippen molar-refractivity contribution in [2.24, 2.45) is 16.7 Å². The maximum atomic E-state index is 12.0. The quantitative estimate of drug-likeness (QED) is 0.596. The molecule has 2 bridgehead atoms. The molecule has 0 saturated heterocycles. The maximum Gasteiger partial charge on any atom is 0.252 e. The highest BCUT2D eigenvalue weighted by atomic mass is 16.6. The van der Waals surface area contributed by atoms with Crippen LogP contribution in [0.5, 0.6) is 0 Å². The van der Waals surface area contributed by atoms with Crippen LogP contribution in [0.4, 0.5) is 0 Å². The molecule has 2 rings (SSSR count). The summed E-state index contributed by atoms with van der Waals surface area (Å²) in [6.45, 7) is 9.05. The van der Waals surface area contributed by atoms with Crippen molar-refractivity contribution in [2.75, 3.05) is 6.61 Å². The molecule has 5 nitrogen and oxygen atoms in total. The normalized spacial score (nSPS) is 34.0. The third-order valence-electron chi connectivity index (χ3n) is 5.78. The van der Waals surface area contributed by atoms with Crippen LogP contribution in [-0.2, 0) is 14.4 Å². The van der Waals surface area contributed by atoms with Gasteiger partial charge in [-0.2, -0.15) is 0 Å². The number of fused-ring (bicyclic) bond motifs is 2. The van der Waals surface area contributed by atoms with Gasteiger partial charge < -0.3 is 5.32 Å². The Morgan fingerprint density at radius 3 is 2.45 bits per heavy atom. The van der Waals surface area contributed by atoms with Crippen LogP contribution >= 0.6 is 0 Å². The highest BCUT2D eigenvalue weighted by molar-refractivity contribution is 5.96. The number of hydrogen-bond donors (Lipinski definition) is 2. The zero-order valence-electron chi connectivity index (χ0n) is 12.9. The van der Waals surface area contributed by atoms with Crippen LogP contribution < -0.4 is 10.8 Å². The average Bonchev–Trinajstić information content (AvgIpc) is 2.69. The molecule has 0 aromatic heterocycles. The smallest absolute Gasteiger partial charge is 0.252 e. The third-order valence-corrected chi connectivity index (χ3v) is 5.78. The van der Waals surface area contributed by atoms with Crippen molar-refractivity contribution in [2.45, 2.75) is 59.4 Å². The van der Waals surface area contributed by atoms with Crippen LogP contribution in [0.15, 0.2) is 0 Å². The van der Waals surface area contributed by atoms with E-state index in [9.17, 15) is 9.59 Å². The van der Waals surface area contributed by atoms with Crippen molar-refractivity contribution in [3.05, 3.63) is 0 Å². The standard InChI is InChI=1S/C15H26N2O3/c1-5-20-17-13(19)9-12(18)16-11-8-10-6-7-15(11,4)14(10,2)3/h10-11H,5-9H2,1-4H3,(H,16,18)(H,17,19)/t10-,11+,15+/m0/s1. The maximum absolute atomic E-state index is 12.0. The van der Waals surface area contributed by atoms with E-state index in [0.717, 1.165) is 12.8 Å². The molecule has 114 valence electrons. The summed E-state index contributed by atoms with van der Waals surface area (Å²) >= 11 is 0. The van der Waals surface area contributed by atoms with Gasteiger partial charge in [0.15, 0.2) is 0 Å². The van der Waals surface area contributed by atoms with Crippen molar-refractivity contribution >= 4 is 11.8 Å². The van der Waals surface area contributed by atoms with Gasteiger partial charge in [-0.15, -0.1) is 0 Å². The van der Waals surface area contributed by atoms with Gasteiger partial charge in [0, 0.05) is 6.04 Å². The molecule has 2 saturated carbocycles. The molecule has 0 unspecified atom stereocenters. The highest BCUT2D eigenvalue weighted by Gasteiger charge is 2.61. The first-order valence-corrected chi connectivity index (χ1v) is 7.51. The predicted octanol–water partition coefficient (Wildman–Crippen LogP) is 1.78. The van der Waals surface area contributed by atoms with Gasteiger partial charge in [0.05, 0.1) is 6.61 Å². The van der Waals surface area contributed by atoms with Crippen LogP contribution in [0.25, 0.3) is 0 Å². The highest BCUT2D eigenvalue weighted by Crippen LogP contribution is 2.65. The summed E-state index contributed by atoms with van der Waals surface area (Å²) in [7, 11) is 0. The lowest BCUT2D eigenvalue weighted by molar-refractivity contribution is -0.138. The second-order valence-corrected chi connectivity index (χ2v) is 6.87. The molecule has 2 N–H and O–H groups in total. The SMILES string of the molecule is CCONC(=O)CC(=O)N[C@@H]1C[C@@H]2CC[C@@]1(C)C2(C)C. The van der Waals surface area contributed by atoms with Gasteiger partial charge in [-0.3, -0.25) is 14.4 Å². The van der Waals surface area contributed by atoms with E-state index in [1.54, 1.807) is 6.92 Å². The summed E-state index contributed by atoms with van der Waals surface area (Å²) in [5.74, 6) is 0.0729. The summed E-state index contributed by atoms with van der Waals surface area (Å²) in [5.41, 5.74) is 2.65. The molecule has 2 aliphatic rings. The number of hydrogen-bond acceptors (Lipinski definition) is 3. The molecule has 5 heteroatoms. The zero-order valence-corrected chi connectivity index (χ0v) is 12.9. The van der Waals surface area contributed by atoms with Gasteiger partial charge in [0.25, 0.3) is 5.91 Å². The molecule has 0 radical (unpaired) electrons. The van der Waals surface area contributed by atoms with Crippen molar-refractivity contribution in [3.63, 3.8) is 0 Å². The van der Waals surface area contributed by atoms with Gasteiger partial charge in [0.2, 0.25) is 5.91 Å². The molecular weight excluding hydrogens is 256 g/mol. The molecule has 2 aliphatic carbocycles. The molecule has 0 aromatic carbocycles. The van der Waals surface area contributed by atoms with Crippen molar-refractivity contribution in [3.8, 4) is 0 Å². The Kier molecular flexibility index (Phi) is 4.09. The molecule has 20 heavy (non-hydrogen) atoms. The van der Waals surface area contributed by atoms with E-state index in [4.69, 9.17) is 4.84 Å². The number of amides is 2. The first kappa shape index (κ1) is 15.3. The lowest BCUT2D eigenvalue weighted by atomic mass is 9.69. The Morgan fingerprint density at radius 1 is 1.25 bits per heavy atom. The number of carbonyl (C=O) groups is 2. The fourth-order valence-corrected chi connectivity index (χ4v) is 4.00. The lowest BCUT2D eigenvalue weighted by Gasteiger charge is -2.39. The van der Waals surface area contributed by atoms with Crippen LogP contribution in [0.1, 0.15) is 53.4 Å². The van der Waals surface area contributed by atoms with E-state index < -0.39 is 5.91 Å². The summed E-state index contributed by atoms with van der Waals surface area (Å²) in [5, 5.41) is 3.06. The summed E-state index contributed by atoms with van der Waals surface area (Å²) in [6, 6.07) is 0.184. The number of rotatable bonds is 5. The third kappa shape index (κ3) is 2.43. The predicted molar refractivity (Wildman–Crippen MR) is 75.5 cm³/mol. The molecule has 2 amide bonds. The fourth-order valence-electron chi connectivity index (χ4n) is 4.00. The Labute approximate surface area is 120 Å². The molecule has 0 spiro atoms. The van der Waals surface area contributed by atoms with Crippen LogP contribution in [-0.4, -0.2) is 24.5 Å². The second kappa shape index (κ2) is 5.35. The van der Waals surface area contributed by atoms with E-state index in [2.05, 4.69) is 31.6 Å². The van der Waals surface area contributed by atoms with E-state index in [1.165, 1.54) is 6.42 Å². The van der Waals surface area contributed by atoms with Gasteiger partial charge in [-0.05, 0) is 42.9 Å². The number of nitrogens with one attached hydrogen (secondary N) is 2. The van der Waals surface area contributed by atoms with Crippen molar-refractivity contribution < 1.29 is 14.4 Å². The first-order chi connectivity index (χ1) is 9.31. The van der Waals surface area contributed by atoms with Crippen molar-refractivity contribution in [1.29, 1.82) is 0 Å². The van der Waals surface area contributed by atoms with Crippen LogP contribution in [0.2, 0.25) is 0 Å². The monoisotopic (exact) mass is 282 g/mol. The molecule has 2 fully saturated rings. The van der Waals surface area contributed by atoms with Crippen LogP contribution in [0, 0.1) is 16.7 Å². The first-order valence-electron chi connectivity index (χ1n) is 7.51. The minimum Gasteiger partial charge on any atom is -0.352 e. The van der Waals surface area contributed by atoms with E-state index in [1.807, 2.05) is 0 Å². The minimum atomic E-state index is -0.392. The van der Waals surface area contributed by atoms with E-state index >= 15 is 0 Å². The Morgan fingerprint density at radius 2 is 1.95 bits per heavy atom. The topological polar surface area (TPSA) is 67.4 Å². The molecule has 0 aliphatic heterocycles. The van der Waals surface area contributed by atoms with Crippen molar-refractivity contribution in [1.82, 2.24) is 10.8 Å². The Balaban J connectivity index is 1.89. The summed E-state index contributed by atoms with van der Waals surface area (Å²) in [4.78, 5) is 28.2. The Bertz CT molecular complexity index is 408. The van der Waals surface area contributed by atoms with E-state index in [-0.39, 0.29) is 29.2 Å². The van der Waals surface area contributed by atoms with Crippen LogP contribution in [0.3, 0.4) is 0 Å². The van der Waals surface area contributed by atoms with Gasteiger partial charge in [-0.25, -0.2) is 5.48 Å². The number of carbonyl (C=O) groups excluding carboxylic acids is 2. The Hall–Kier alpha value is -1.10. The zero-order chi connectivity index (χ0) is 15.0. The lowest BCUT2D eigenvalue weighted by Crippen LogP contribution is -2.47. The average molecular weight is 282 g/mol. The van der Waals surface area contributed by atoms with Gasteiger partial charge in [-0.1, -0.05) is 20.8 Å². The fraction of sp³-hybridized carbons (Fsp3) is 0.867. The summed E-state index contributed by atoms with van der Waals surface area (Å²) in [6.07, 6.45) is 3.27. The number of hydroxylamine groups is 1.